The molecule has 118 valence electrons. The zero-order valence-corrected chi connectivity index (χ0v) is 13.0. The summed E-state index contributed by atoms with van der Waals surface area (Å²) in [5, 5.41) is 6.47. The van der Waals surface area contributed by atoms with Gasteiger partial charge in [0.05, 0.1) is 19.3 Å². The highest BCUT2D eigenvalue weighted by Gasteiger charge is 2.20. The molecule has 2 saturated heterocycles. The Morgan fingerprint density at radius 1 is 1.45 bits per heavy atom. The van der Waals surface area contributed by atoms with Crippen molar-refractivity contribution in [2.24, 2.45) is 0 Å². The predicted octanol–water partition coefficient (Wildman–Crippen LogP) is 1.25. The van der Waals surface area contributed by atoms with E-state index in [2.05, 4.69) is 17.6 Å². The Morgan fingerprint density at radius 3 is 3.00 bits per heavy atom. The minimum Gasteiger partial charge on any atom is -0.378 e. The molecule has 5 nitrogen and oxygen atoms in total. The van der Waals surface area contributed by atoms with Gasteiger partial charge in [-0.05, 0) is 39.2 Å². The molecule has 20 heavy (non-hydrogen) atoms. The lowest BCUT2D eigenvalue weighted by Crippen LogP contribution is -2.46. The van der Waals surface area contributed by atoms with Crippen molar-refractivity contribution in [1.29, 1.82) is 0 Å². The lowest BCUT2D eigenvalue weighted by atomic mass is 10.0. The fourth-order valence-electron chi connectivity index (χ4n) is 2.72. The largest absolute Gasteiger partial charge is 0.378 e. The molecular weight excluding hydrogens is 280 g/mol. The van der Waals surface area contributed by atoms with E-state index < -0.39 is 0 Å². The summed E-state index contributed by atoms with van der Waals surface area (Å²) in [6.45, 7) is 5.11. The normalized spacial score (nSPS) is 29.8. The number of rotatable bonds is 6. The van der Waals surface area contributed by atoms with E-state index >= 15 is 0 Å². The number of piperidine rings is 1. The van der Waals surface area contributed by atoms with Crippen LogP contribution in [0.15, 0.2) is 0 Å². The molecule has 0 saturated carbocycles. The Labute approximate surface area is 127 Å². The molecule has 3 unspecified atom stereocenters. The summed E-state index contributed by atoms with van der Waals surface area (Å²) < 4.78 is 11.0. The van der Waals surface area contributed by atoms with Crippen molar-refractivity contribution in [3.8, 4) is 0 Å². The van der Waals surface area contributed by atoms with Crippen LogP contribution in [0.25, 0.3) is 0 Å². The summed E-state index contributed by atoms with van der Waals surface area (Å²) in [6.07, 6.45) is 4.94. The van der Waals surface area contributed by atoms with Crippen molar-refractivity contribution < 1.29 is 14.3 Å². The minimum absolute atomic E-state index is 0. The number of halogens is 1. The fraction of sp³-hybridized carbons (Fsp3) is 0.929. The van der Waals surface area contributed by atoms with Gasteiger partial charge in [0.1, 0.15) is 0 Å². The van der Waals surface area contributed by atoms with E-state index in [1.807, 2.05) is 0 Å². The third-order valence-corrected chi connectivity index (χ3v) is 3.79. The maximum absolute atomic E-state index is 11.8. The van der Waals surface area contributed by atoms with E-state index in [0.717, 1.165) is 38.8 Å². The topological polar surface area (TPSA) is 59.6 Å². The molecule has 0 aromatic heterocycles. The molecule has 0 radical (unpaired) electrons. The predicted molar refractivity (Wildman–Crippen MR) is 80.3 cm³/mol. The van der Waals surface area contributed by atoms with Crippen LogP contribution >= 0.6 is 12.4 Å². The third kappa shape index (κ3) is 6.39. The Kier molecular flexibility index (Phi) is 8.45. The smallest absolute Gasteiger partial charge is 0.222 e. The van der Waals surface area contributed by atoms with Crippen LogP contribution < -0.4 is 10.6 Å². The van der Waals surface area contributed by atoms with Crippen LogP contribution in [0, 0.1) is 0 Å². The monoisotopic (exact) mass is 306 g/mol. The molecule has 2 rings (SSSR count). The van der Waals surface area contributed by atoms with E-state index in [9.17, 15) is 4.79 Å². The number of carbonyl (C=O) groups is 1. The number of ether oxygens (including phenoxy) is 2. The van der Waals surface area contributed by atoms with Crippen molar-refractivity contribution >= 4 is 18.3 Å². The Hall–Kier alpha value is -0.360. The average molecular weight is 307 g/mol. The molecule has 2 aliphatic heterocycles. The minimum atomic E-state index is 0. The average Bonchev–Trinajstić information content (AvgIpc) is 2.88. The van der Waals surface area contributed by atoms with E-state index in [4.69, 9.17) is 9.47 Å². The second-order valence-corrected chi connectivity index (χ2v) is 5.60. The van der Waals surface area contributed by atoms with E-state index in [-0.39, 0.29) is 24.4 Å². The number of amides is 1. The highest BCUT2D eigenvalue weighted by molar-refractivity contribution is 5.85. The van der Waals surface area contributed by atoms with Gasteiger partial charge in [0.25, 0.3) is 0 Å². The SMILES string of the molecule is CC1CC(NC(=O)CCOCC2CCCO2)CCN1.Cl. The number of carbonyl (C=O) groups excluding carboxylic acids is 1. The van der Waals surface area contributed by atoms with Crippen LogP contribution in [0.4, 0.5) is 0 Å². The maximum Gasteiger partial charge on any atom is 0.222 e. The van der Waals surface area contributed by atoms with Gasteiger partial charge < -0.3 is 20.1 Å². The molecule has 2 fully saturated rings. The Bertz CT molecular complexity index is 286. The fourth-order valence-corrected chi connectivity index (χ4v) is 2.72. The summed E-state index contributed by atoms with van der Waals surface area (Å²) in [5.41, 5.74) is 0. The summed E-state index contributed by atoms with van der Waals surface area (Å²) in [6, 6.07) is 0.816. The van der Waals surface area contributed by atoms with Gasteiger partial charge in [0, 0.05) is 25.1 Å². The highest BCUT2D eigenvalue weighted by Crippen LogP contribution is 2.12. The zero-order chi connectivity index (χ0) is 13.5. The van der Waals surface area contributed by atoms with Gasteiger partial charge in [0.2, 0.25) is 5.91 Å². The number of hydrogen-bond acceptors (Lipinski definition) is 4. The first-order chi connectivity index (χ1) is 9.24. The molecule has 0 spiro atoms. The van der Waals surface area contributed by atoms with Crippen LogP contribution in [-0.4, -0.2) is 50.5 Å². The van der Waals surface area contributed by atoms with Crippen LogP contribution in [0.3, 0.4) is 0 Å². The molecule has 2 heterocycles. The van der Waals surface area contributed by atoms with Gasteiger partial charge >= 0.3 is 0 Å². The van der Waals surface area contributed by atoms with E-state index in [1.54, 1.807) is 0 Å². The summed E-state index contributed by atoms with van der Waals surface area (Å²) in [5.74, 6) is 0.103. The van der Waals surface area contributed by atoms with Crippen molar-refractivity contribution in [2.75, 3.05) is 26.4 Å². The highest BCUT2D eigenvalue weighted by atomic mass is 35.5. The molecule has 3 atom stereocenters. The van der Waals surface area contributed by atoms with Gasteiger partial charge in [-0.25, -0.2) is 0 Å². The molecule has 1 amide bonds. The Morgan fingerprint density at radius 2 is 2.30 bits per heavy atom. The first-order valence-electron chi connectivity index (χ1n) is 7.46. The number of nitrogens with one attached hydrogen (secondary N) is 2. The Balaban J connectivity index is 0.00000200. The van der Waals surface area contributed by atoms with Gasteiger partial charge in [-0.3, -0.25) is 4.79 Å². The molecule has 0 aromatic carbocycles. The van der Waals surface area contributed by atoms with Gasteiger partial charge in [0.15, 0.2) is 0 Å². The van der Waals surface area contributed by atoms with Gasteiger partial charge in [-0.1, -0.05) is 0 Å². The lowest BCUT2D eigenvalue weighted by molar-refractivity contribution is -0.123. The van der Waals surface area contributed by atoms with E-state index in [0.29, 0.717) is 31.7 Å². The summed E-state index contributed by atoms with van der Waals surface area (Å²) in [4.78, 5) is 11.8. The quantitative estimate of drug-likeness (QED) is 0.725. The van der Waals surface area contributed by atoms with Crippen LogP contribution in [0.1, 0.15) is 39.0 Å². The van der Waals surface area contributed by atoms with Crippen LogP contribution in [0.2, 0.25) is 0 Å². The van der Waals surface area contributed by atoms with Crippen molar-refractivity contribution in [3.05, 3.63) is 0 Å². The second-order valence-electron chi connectivity index (χ2n) is 5.60. The van der Waals surface area contributed by atoms with Gasteiger partial charge in [-0.15, -0.1) is 12.4 Å². The number of hydrogen-bond donors (Lipinski definition) is 2. The first-order valence-corrected chi connectivity index (χ1v) is 7.46. The first kappa shape index (κ1) is 17.7. The molecule has 0 aliphatic carbocycles. The molecule has 2 N–H and O–H groups in total. The van der Waals surface area contributed by atoms with Gasteiger partial charge in [-0.2, -0.15) is 0 Å². The third-order valence-electron chi connectivity index (χ3n) is 3.79. The summed E-state index contributed by atoms with van der Waals surface area (Å²) in [7, 11) is 0. The van der Waals surface area contributed by atoms with Crippen molar-refractivity contribution in [3.63, 3.8) is 0 Å². The molecule has 0 aromatic rings. The van der Waals surface area contributed by atoms with Crippen molar-refractivity contribution in [2.45, 2.75) is 57.2 Å². The van der Waals surface area contributed by atoms with Crippen LogP contribution in [0.5, 0.6) is 0 Å². The standard InChI is InChI=1S/C14H26N2O3.ClH/c1-11-9-12(4-6-15-11)16-14(17)5-8-18-10-13-3-2-7-19-13;/h11-13,15H,2-10H2,1H3,(H,16,17);1H. The zero-order valence-electron chi connectivity index (χ0n) is 12.2. The van der Waals surface area contributed by atoms with Crippen molar-refractivity contribution in [1.82, 2.24) is 10.6 Å². The lowest BCUT2D eigenvalue weighted by Gasteiger charge is -2.28. The summed E-state index contributed by atoms with van der Waals surface area (Å²) >= 11 is 0. The maximum atomic E-state index is 11.8. The van der Waals surface area contributed by atoms with E-state index in [1.165, 1.54) is 0 Å². The molecule has 6 heteroatoms. The molecular formula is C14H27ClN2O3. The van der Waals surface area contributed by atoms with Crippen LogP contribution in [-0.2, 0) is 14.3 Å². The molecule has 0 bridgehead atoms. The second kappa shape index (κ2) is 9.55. The molecule has 2 aliphatic rings.